The number of nitro benzene ring substituents is 2. The summed E-state index contributed by atoms with van der Waals surface area (Å²) in [6, 6.07) is 27.3. The third kappa shape index (κ3) is 3.53. The monoisotopic (exact) mass is 436 g/mol. The molecule has 0 saturated heterocycles. The van der Waals surface area contributed by atoms with Crippen LogP contribution in [-0.4, -0.2) is 9.85 Å². The minimum Gasteiger partial charge on any atom is -0.258 e. The minimum absolute atomic E-state index is 0.0463. The van der Waals surface area contributed by atoms with Crippen LogP contribution in [0.4, 0.5) is 22.7 Å². The van der Waals surface area contributed by atoms with E-state index >= 15 is 0 Å². The van der Waals surface area contributed by atoms with Crippen molar-refractivity contribution in [2.45, 2.75) is 5.92 Å². The molecule has 0 heterocycles. The SMILES string of the molecule is O=[N+]([O-])c1ccc(N=Nc2cccc3c2C(c2ccccc2)c2ccccc2-3)c([N+](=O)[O-])c1. The predicted molar refractivity (Wildman–Crippen MR) is 123 cm³/mol. The van der Waals surface area contributed by atoms with E-state index in [-0.39, 0.29) is 17.3 Å². The highest BCUT2D eigenvalue weighted by molar-refractivity contribution is 5.85. The fourth-order valence-electron chi connectivity index (χ4n) is 4.28. The van der Waals surface area contributed by atoms with Gasteiger partial charge in [0.15, 0.2) is 5.69 Å². The average Bonchev–Trinajstić information content (AvgIpc) is 3.18. The normalized spacial score (nSPS) is 14.1. The fourth-order valence-corrected chi connectivity index (χ4v) is 4.28. The third-order valence-electron chi connectivity index (χ3n) is 5.70. The molecule has 1 unspecified atom stereocenters. The van der Waals surface area contributed by atoms with Crippen molar-refractivity contribution >= 4 is 22.7 Å². The molecule has 0 aromatic heterocycles. The highest BCUT2D eigenvalue weighted by atomic mass is 16.6. The third-order valence-corrected chi connectivity index (χ3v) is 5.70. The second-order valence-electron chi connectivity index (χ2n) is 7.56. The van der Waals surface area contributed by atoms with Crippen LogP contribution in [0.2, 0.25) is 0 Å². The first kappa shape index (κ1) is 20.2. The number of non-ortho nitro benzene ring substituents is 1. The van der Waals surface area contributed by atoms with E-state index in [1.165, 1.54) is 12.1 Å². The van der Waals surface area contributed by atoms with E-state index in [4.69, 9.17) is 0 Å². The molecule has 5 rings (SSSR count). The van der Waals surface area contributed by atoms with Crippen molar-refractivity contribution in [3.8, 4) is 11.1 Å². The summed E-state index contributed by atoms with van der Waals surface area (Å²) in [4.78, 5) is 21.1. The van der Waals surface area contributed by atoms with Crippen molar-refractivity contribution in [3.05, 3.63) is 128 Å². The van der Waals surface area contributed by atoms with Crippen LogP contribution in [0.15, 0.2) is 101 Å². The zero-order valence-corrected chi connectivity index (χ0v) is 17.2. The van der Waals surface area contributed by atoms with E-state index < -0.39 is 15.5 Å². The molecular weight excluding hydrogens is 420 g/mol. The standard InChI is InChI=1S/C25H16N4O4/c30-28(31)17-13-14-21(23(15-17)29(32)33)26-27-22-12-6-11-20-18-9-4-5-10-19(18)24(25(20)22)16-7-2-1-3-8-16/h1-15,24H. The second-order valence-corrected chi connectivity index (χ2v) is 7.56. The molecule has 4 aromatic rings. The maximum absolute atomic E-state index is 11.5. The lowest BCUT2D eigenvalue weighted by molar-refractivity contribution is -0.393. The van der Waals surface area contributed by atoms with Crippen LogP contribution < -0.4 is 0 Å². The Labute approximate surface area is 188 Å². The van der Waals surface area contributed by atoms with Gasteiger partial charge in [-0.05, 0) is 39.9 Å². The summed E-state index contributed by atoms with van der Waals surface area (Å²) in [5.74, 6) is -0.0561. The lowest BCUT2D eigenvalue weighted by Crippen LogP contribution is -1.99. The van der Waals surface area contributed by atoms with Gasteiger partial charge in [-0.1, -0.05) is 66.7 Å². The number of nitro groups is 2. The first-order valence-electron chi connectivity index (χ1n) is 10.2. The summed E-state index contributed by atoms with van der Waals surface area (Å²) in [6.07, 6.45) is 0. The molecule has 0 amide bonds. The quantitative estimate of drug-likeness (QED) is 0.166. The molecule has 33 heavy (non-hydrogen) atoms. The molecule has 0 saturated carbocycles. The van der Waals surface area contributed by atoms with Gasteiger partial charge in [0.1, 0.15) is 0 Å². The molecule has 8 nitrogen and oxygen atoms in total. The molecule has 0 fully saturated rings. The Morgan fingerprint density at radius 3 is 2.12 bits per heavy atom. The van der Waals surface area contributed by atoms with Gasteiger partial charge in [-0.15, -0.1) is 10.2 Å². The van der Waals surface area contributed by atoms with Crippen LogP contribution in [0.25, 0.3) is 11.1 Å². The van der Waals surface area contributed by atoms with Gasteiger partial charge >= 0.3 is 5.69 Å². The molecule has 4 aromatic carbocycles. The van der Waals surface area contributed by atoms with Gasteiger partial charge in [-0.3, -0.25) is 20.2 Å². The molecule has 0 aliphatic heterocycles. The molecule has 1 atom stereocenters. The number of azo groups is 1. The van der Waals surface area contributed by atoms with E-state index in [9.17, 15) is 20.2 Å². The number of hydrogen-bond donors (Lipinski definition) is 0. The zero-order valence-electron chi connectivity index (χ0n) is 17.2. The van der Waals surface area contributed by atoms with Crippen LogP contribution in [-0.2, 0) is 0 Å². The predicted octanol–water partition coefficient (Wildman–Crippen LogP) is 7.08. The average molecular weight is 436 g/mol. The molecule has 0 radical (unpaired) electrons. The number of benzene rings is 4. The van der Waals surface area contributed by atoms with Crippen LogP contribution in [0, 0.1) is 20.2 Å². The number of rotatable bonds is 5. The smallest absolute Gasteiger partial charge is 0.258 e. The minimum atomic E-state index is -0.695. The Hall–Kier alpha value is -4.72. The molecule has 160 valence electrons. The second kappa shape index (κ2) is 8.08. The molecular formula is C25H16N4O4. The summed E-state index contributed by atoms with van der Waals surface area (Å²) >= 11 is 0. The van der Waals surface area contributed by atoms with Gasteiger partial charge in [0.05, 0.1) is 21.6 Å². The fraction of sp³-hybridized carbons (Fsp3) is 0.0400. The van der Waals surface area contributed by atoms with E-state index in [1.54, 1.807) is 0 Å². The van der Waals surface area contributed by atoms with Crippen LogP contribution in [0.3, 0.4) is 0 Å². The Bertz CT molecular complexity index is 1430. The summed E-state index contributed by atoms with van der Waals surface area (Å²) in [7, 11) is 0. The first-order valence-corrected chi connectivity index (χ1v) is 10.2. The molecule has 1 aliphatic carbocycles. The molecule has 1 aliphatic rings. The number of hydrogen-bond acceptors (Lipinski definition) is 6. The Balaban J connectivity index is 1.64. The molecule has 0 N–H and O–H groups in total. The first-order chi connectivity index (χ1) is 16.0. The summed E-state index contributed by atoms with van der Waals surface area (Å²) < 4.78 is 0. The summed E-state index contributed by atoms with van der Waals surface area (Å²) in [5, 5.41) is 31.0. The van der Waals surface area contributed by atoms with Crippen LogP contribution >= 0.6 is 0 Å². The zero-order chi connectivity index (χ0) is 22.9. The summed E-state index contributed by atoms with van der Waals surface area (Å²) in [5.41, 5.74) is 5.08. The lowest BCUT2D eigenvalue weighted by atomic mass is 9.88. The maximum Gasteiger partial charge on any atom is 0.303 e. The van der Waals surface area contributed by atoms with Gasteiger partial charge in [0, 0.05) is 12.0 Å². The topological polar surface area (TPSA) is 111 Å². The Morgan fingerprint density at radius 2 is 1.36 bits per heavy atom. The van der Waals surface area contributed by atoms with Gasteiger partial charge < -0.3 is 0 Å². The van der Waals surface area contributed by atoms with Gasteiger partial charge in [-0.2, -0.15) is 0 Å². The Morgan fingerprint density at radius 1 is 0.667 bits per heavy atom. The molecule has 0 spiro atoms. The van der Waals surface area contributed by atoms with E-state index in [2.05, 4.69) is 34.5 Å². The Kier molecular flexibility index (Phi) is 4.95. The van der Waals surface area contributed by atoms with Crippen molar-refractivity contribution in [1.29, 1.82) is 0 Å². The van der Waals surface area contributed by atoms with Crippen LogP contribution in [0.5, 0.6) is 0 Å². The van der Waals surface area contributed by atoms with Gasteiger partial charge in [0.25, 0.3) is 5.69 Å². The van der Waals surface area contributed by atoms with Gasteiger partial charge in [-0.25, -0.2) is 0 Å². The number of fused-ring (bicyclic) bond motifs is 3. The molecule has 8 heteroatoms. The van der Waals surface area contributed by atoms with Crippen molar-refractivity contribution in [2.24, 2.45) is 10.2 Å². The molecule has 0 bridgehead atoms. The van der Waals surface area contributed by atoms with E-state index in [0.717, 1.165) is 33.9 Å². The highest BCUT2D eigenvalue weighted by Crippen LogP contribution is 2.51. The van der Waals surface area contributed by atoms with E-state index in [0.29, 0.717) is 5.69 Å². The largest absolute Gasteiger partial charge is 0.303 e. The maximum atomic E-state index is 11.5. The highest BCUT2D eigenvalue weighted by Gasteiger charge is 2.32. The van der Waals surface area contributed by atoms with Crippen molar-refractivity contribution in [3.63, 3.8) is 0 Å². The van der Waals surface area contributed by atoms with Crippen molar-refractivity contribution in [2.75, 3.05) is 0 Å². The lowest BCUT2D eigenvalue weighted by Gasteiger charge is -2.15. The number of nitrogens with zero attached hydrogens (tertiary/aromatic N) is 4. The summed E-state index contributed by atoms with van der Waals surface area (Å²) in [6.45, 7) is 0. The van der Waals surface area contributed by atoms with Gasteiger partial charge in [0.2, 0.25) is 0 Å². The van der Waals surface area contributed by atoms with Crippen molar-refractivity contribution < 1.29 is 9.85 Å². The van der Waals surface area contributed by atoms with E-state index in [1.807, 2.05) is 48.5 Å². The van der Waals surface area contributed by atoms with Crippen molar-refractivity contribution in [1.82, 2.24) is 0 Å². The van der Waals surface area contributed by atoms with Crippen LogP contribution in [0.1, 0.15) is 22.6 Å².